The molecule has 0 aromatic heterocycles. The van der Waals surface area contributed by atoms with Crippen molar-refractivity contribution in [3.63, 3.8) is 0 Å². The van der Waals surface area contributed by atoms with Crippen LogP contribution >= 0.6 is 0 Å². The third-order valence-corrected chi connectivity index (χ3v) is 6.96. The molecule has 2 heteroatoms. The first-order valence-corrected chi connectivity index (χ1v) is 11.4. The molecule has 2 nitrogen and oxygen atoms in total. The fourth-order valence-electron chi connectivity index (χ4n) is 4.72. The summed E-state index contributed by atoms with van der Waals surface area (Å²) < 4.78 is 0. The minimum absolute atomic E-state index is 0.155. The summed E-state index contributed by atoms with van der Waals surface area (Å²) >= 11 is 0. The van der Waals surface area contributed by atoms with Crippen molar-refractivity contribution in [3.8, 4) is 0 Å². The first-order chi connectivity index (χ1) is 15.2. The van der Waals surface area contributed by atoms with Crippen molar-refractivity contribution in [1.82, 2.24) is 0 Å². The van der Waals surface area contributed by atoms with Gasteiger partial charge in [-0.1, -0.05) is 94.4 Å². The third-order valence-electron chi connectivity index (χ3n) is 6.96. The lowest BCUT2D eigenvalue weighted by Crippen LogP contribution is -2.34. The average Bonchev–Trinajstić information content (AvgIpc) is 2.77. The van der Waals surface area contributed by atoms with Crippen LogP contribution in [0.1, 0.15) is 84.3 Å². The van der Waals surface area contributed by atoms with Crippen molar-refractivity contribution in [1.29, 1.82) is 0 Å². The molecule has 32 heavy (non-hydrogen) atoms. The molecule has 0 spiro atoms. The fraction of sp³-hybridized carbons (Fsp3) is 0.300. The van der Waals surface area contributed by atoms with Gasteiger partial charge in [0.2, 0.25) is 0 Å². The Morgan fingerprint density at radius 3 is 2.03 bits per heavy atom. The number of aromatic carboxylic acids is 1. The Kier molecular flexibility index (Phi) is 5.81. The van der Waals surface area contributed by atoms with E-state index < -0.39 is 5.97 Å². The summed E-state index contributed by atoms with van der Waals surface area (Å²) in [7, 11) is 0. The van der Waals surface area contributed by atoms with Gasteiger partial charge in [0.25, 0.3) is 0 Å². The van der Waals surface area contributed by atoms with E-state index in [2.05, 4.69) is 82.3 Å². The van der Waals surface area contributed by atoms with Gasteiger partial charge in [-0.25, -0.2) is 4.79 Å². The molecule has 0 saturated heterocycles. The molecule has 4 rings (SSSR count). The Morgan fingerprint density at radius 1 is 0.844 bits per heavy atom. The Balaban J connectivity index is 1.79. The van der Waals surface area contributed by atoms with Gasteiger partial charge < -0.3 is 5.11 Å². The van der Waals surface area contributed by atoms with E-state index in [1.165, 1.54) is 40.7 Å². The highest BCUT2D eigenvalue weighted by Gasteiger charge is 2.37. The monoisotopic (exact) mass is 424 g/mol. The molecule has 0 fully saturated rings. The molecule has 0 bridgehead atoms. The maximum atomic E-state index is 11.1. The molecule has 0 heterocycles. The molecule has 1 aliphatic carbocycles. The van der Waals surface area contributed by atoms with Gasteiger partial charge in [0.05, 0.1) is 5.56 Å². The molecule has 0 saturated carbocycles. The minimum Gasteiger partial charge on any atom is -0.478 e. The summed E-state index contributed by atoms with van der Waals surface area (Å²) in [4.78, 5) is 11.1. The van der Waals surface area contributed by atoms with Crippen LogP contribution in [0.3, 0.4) is 0 Å². The molecule has 0 amide bonds. The van der Waals surface area contributed by atoms with Gasteiger partial charge in [-0.3, -0.25) is 0 Å². The standard InChI is InChI=1S/C30H32O2/c1-29(2)16-17-30(3,4)27-20-25(18-22-8-6-5-7-9-22)24(19-26(27)29)15-12-21-10-13-23(14-11-21)28(31)32/h5-15,19-20H,16-18H2,1-4H3,(H,31,32)/b15-12+. The van der Waals surface area contributed by atoms with E-state index in [0.29, 0.717) is 5.56 Å². The SMILES string of the molecule is CC1(C)CCC(C)(C)c2cc(Cc3ccccc3)c(/C=C/c3ccc(C(=O)O)cc3)cc21. The number of fused-ring (bicyclic) bond motifs is 1. The Morgan fingerprint density at radius 2 is 1.44 bits per heavy atom. The zero-order valence-corrected chi connectivity index (χ0v) is 19.5. The van der Waals surface area contributed by atoms with E-state index in [0.717, 1.165) is 12.0 Å². The van der Waals surface area contributed by atoms with Crippen LogP contribution in [0.4, 0.5) is 0 Å². The van der Waals surface area contributed by atoms with E-state index >= 15 is 0 Å². The number of benzene rings is 3. The van der Waals surface area contributed by atoms with Crippen molar-refractivity contribution in [2.24, 2.45) is 0 Å². The average molecular weight is 425 g/mol. The van der Waals surface area contributed by atoms with Crippen LogP contribution in [0.2, 0.25) is 0 Å². The van der Waals surface area contributed by atoms with Crippen LogP contribution in [0.15, 0.2) is 66.7 Å². The highest BCUT2D eigenvalue weighted by molar-refractivity contribution is 5.88. The van der Waals surface area contributed by atoms with Crippen molar-refractivity contribution >= 4 is 18.1 Å². The van der Waals surface area contributed by atoms with E-state index in [4.69, 9.17) is 5.11 Å². The Bertz CT molecular complexity index is 1150. The van der Waals surface area contributed by atoms with Crippen molar-refractivity contribution in [2.45, 2.75) is 57.8 Å². The van der Waals surface area contributed by atoms with Gasteiger partial charge in [-0.2, -0.15) is 0 Å². The lowest BCUT2D eigenvalue weighted by molar-refractivity contribution is 0.0697. The zero-order valence-electron chi connectivity index (χ0n) is 19.5. The van der Waals surface area contributed by atoms with Crippen molar-refractivity contribution < 1.29 is 9.90 Å². The summed E-state index contributed by atoms with van der Waals surface area (Å²) in [5.41, 5.74) is 8.44. The van der Waals surface area contributed by atoms with Crippen LogP contribution in [0, 0.1) is 0 Å². The van der Waals surface area contributed by atoms with Gasteiger partial charge in [0.1, 0.15) is 0 Å². The normalized spacial score (nSPS) is 16.6. The summed E-state index contributed by atoms with van der Waals surface area (Å²) in [6.07, 6.45) is 7.55. The lowest BCUT2D eigenvalue weighted by Gasteiger charge is -2.42. The van der Waals surface area contributed by atoms with E-state index in [1.807, 2.05) is 12.1 Å². The molecule has 0 radical (unpaired) electrons. The van der Waals surface area contributed by atoms with Crippen molar-refractivity contribution in [3.05, 3.63) is 106 Å². The number of hydrogen-bond acceptors (Lipinski definition) is 1. The molecular formula is C30H32O2. The number of carbonyl (C=O) groups is 1. The topological polar surface area (TPSA) is 37.3 Å². The molecule has 1 N–H and O–H groups in total. The Hall–Kier alpha value is -3.13. The van der Waals surface area contributed by atoms with Gasteiger partial charge in [-0.15, -0.1) is 0 Å². The maximum Gasteiger partial charge on any atom is 0.335 e. The molecule has 3 aromatic rings. The predicted octanol–water partition coefficient (Wildman–Crippen LogP) is 7.50. The molecule has 164 valence electrons. The van der Waals surface area contributed by atoms with E-state index in [9.17, 15) is 4.79 Å². The number of carboxylic acids is 1. The molecule has 0 unspecified atom stereocenters. The summed E-state index contributed by atoms with van der Waals surface area (Å²) in [5.74, 6) is -0.898. The molecule has 0 aliphatic heterocycles. The maximum absolute atomic E-state index is 11.1. The Labute approximate surface area is 191 Å². The molecule has 3 aromatic carbocycles. The smallest absolute Gasteiger partial charge is 0.335 e. The zero-order chi connectivity index (χ0) is 22.9. The summed E-state index contributed by atoms with van der Waals surface area (Å²) in [6, 6.07) is 22.5. The van der Waals surface area contributed by atoms with E-state index in [1.54, 1.807) is 12.1 Å². The second-order valence-corrected chi connectivity index (χ2v) is 10.3. The first kappa shape index (κ1) is 22.1. The quantitative estimate of drug-likeness (QED) is 0.431. The van der Waals surface area contributed by atoms with Crippen molar-refractivity contribution in [2.75, 3.05) is 0 Å². The predicted molar refractivity (Wildman–Crippen MR) is 133 cm³/mol. The largest absolute Gasteiger partial charge is 0.478 e. The highest BCUT2D eigenvalue weighted by atomic mass is 16.4. The van der Waals surface area contributed by atoms with Crippen LogP contribution in [0.5, 0.6) is 0 Å². The second-order valence-electron chi connectivity index (χ2n) is 10.3. The number of carboxylic acid groups (broad SMARTS) is 1. The number of rotatable bonds is 5. The summed E-state index contributed by atoms with van der Waals surface area (Å²) in [5, 5.41) is 9.15. The minimum atomic E-state index is -0.898. The molecule has 1 aliphatic rings. The van der Waals surface area contributed by atoms with Gasteiger partial charge in [0.15, 0.2) is 0 Å². The molecular weight excluding hydrogens is 392 g/mol. The highest BCUT2D eigenvalue weighted by Crippen LogP contribution is 2.47. The lowest BCUT2D eigenvalue weighted by atomic mass is 9.62. The second kappa shape index (κ2) is 8.43. The van der Waals surface area contributed by atoms with Crippen LogP contribution < -0.4 is 0 Å². The fourth-order valence-corrected chi connectivity index (χ4v) is 4.72. The molecule has 0 atom stereocenters. The van der Waals surface area contributed by atoms with Crippen LogP contribution in [-0.2, 0) is 17.3 Å². The third kappa shape index (κ3) is 4.55. The first-order valence-electron chi connectivity index (χ1n) is 11.4. The van der Waals surface area contributed by atoms with Crippen LogP contribution in [-0.4, -0.2) is 11.1 Å². The number of hydrogen-bond donors (Lipinski definition) is 1. The van der Waals surface area contributed by atoms with E-state index in [-0.39, 0.29) is 10.8 Å². The summed E-state index contributed by atoms with van der Waals surface area (Å²) in [6.45, 7) is 9.45. The van der Waals surface area contributed by atoms with Gasteiger partial charge in [-0.05, 0) is 75.6 Å². The van der Waals surface area contributed by atoms with Gasteiger partial charge >= 0.3 is 5.97 Å². The van der Waals surface area contributed by atoms with Gasteiger partial charge in [0, 0.05) is 0 Å². The van der Waals surface area contributed by atoms with Crippen LogP contribution in [0.25, 0.3) is 12.2 Å².